The summed E-state index contributed by atoms with van der Waals surface area (Å²) in [7, 11) is 0. The highest BCUT2D eigenvalue weighted by Crippen LogP contribution is 2.19. The van der Waals surface area contributed by atoms with Gasteiger partial charge in [0.05, 0.1) is 6.10 Å². The van der Waals surface area contributed by atoms with E-state index in [1.54, 1.807) is 0 Å². The van der Waals surface area contributed by atoms with Gasteiger partial charge in [-0.15, -0.1) is 0 Å². The molecule has 0 aliphatic heterocycles. The fraction of sp³-hybridized carbons (Fsp3) is 0.368. The Hall–Kier alpha value is -1.64. The summed E-state index contributed by atoms with van der Waals surface area (Å²) in [6.07, 6.45) is -0.469. The second kappa shape index (κ2) is 7.39. The van der Waals surface area contributed by atoms with Crippen LogP contribution in [0.15, 0.2) is 54.6 Å². The van der Waals surface area contributed by atoms with Crippen LogP contribution in [-0.2, 0) is 0 Å². The number of hydrogen-bond acceptors (Lipinski definition) is 2. The molecule has 21 heavy (non-hydrogen) atoms. The number of benzene rings is 2. The van der Waals surface area contributed by atoms with E-state index in [9.17, 15) is 5.11 Å². The number of nitrogens with one attached hydrogen (secondary N) is 1. The third kappa shape index (κ3) is 4.42. The molecule has 0 saturated heterocycles. The highest BCUT2D eigenvalue weighted by molar-refractivity contribution is 5.26. The van der Waals surface area contributed by atoms with Crippen LogP contribution in [0.4, 0.5) is 0 Å². The maximum Gasteiger partial charge on any atom is 0.0914 e. The number of hydrogen-bond donors (Lipinski definition) is 2. The SMILES string of the molecule is CC(C)c1ccc(C(C)NCC(O)c2ccccc2)cc1. The van der Waals surface area contributed by atoms with Gasteiger partial charge in [-0.1, -0.05) is 68.4 Å². The second-order valence-electron chi connectivity index (χ2n) is 5.88. The van der Waals surface area contributed by atoms with Gasteiger partial charge >= 0.3 is 0 Å². The van der Waals surface area contributed by atoms with Gasteiger partial charge in [-0.2, -0.15) is 0 Å². The lowest BCUT2D eigenvalue weighted by molar-refractivity contribution is 0.171. The van der Waals surface area contributed by atoms with Crippen LogP contribution in [-0.4, -0.2) is 11.7 Å². The van der Waals surface area contributed by atoms with Gasteiger partial charge in [0, 0.05) is 12.6 Å². The predicted molar refractivity (Wildman–Crippen MR) is 88.4 cm³/mol. The third-order valence-electron chi connectivity index (χ3n) is 3.90. The van der Waals surface area contributed by atoms with Gasteiger partial charge in [-0.3, -0.25) is 0 Å². The summed E-state index contributed by atoms with van der Waals surface area (Å²) in [6, 6.07) is 18.7. The van der Waals surface area contributed by atoms with Crippen molar-refractivity contribution in [3.05, 3.63) is 71.3 Å². The largest absolute Gasteiger partial charge is 0.387 e. The predicted octanol–water partition coefficient (Wildman–Crippen LogP) is 4.19. The van der Waals surface area contributed by atoms with Gasteiger partial charge in [-0.25, -0.2) is 0 Å². The minimum absolute atomic E-state index is 0.226. The summed E-state index contributed by atoms with van der Waals surface area (Å²) >= 11 is 0. The third-order valence-corrected chi connectivity index (χ3v) is 3.90. The zero-order valence-electron chi connectivity index (χ0n) is 13.1. The van der Waals surface area contributed by atoms with Gasteiger partial charge in [0.2, 0.25) is 0 Å². The average molecular weight is 283 g/mol. The van der Waals surface area contributed by atoms with Gasteiger partial charge in [0.25, 0.3) is 0 Å². The average Bonchev–Trinajstić information content (AvgIpc) is 2.53. The Kier molecular flexibility index (Phi) is 5.54. The monoisotopic (exact) mass is 283 g/mol. The molecular formula is C19H25NO. The molecule has 2 aromatic carbocycles. The molecule has 0 aliphatic carbocycles. The van der Waals surface area contributed by atoms with E-state index in [4.69, 9.17) is 0 Å². The zero-order valence-corrected chi connectivity index (χ0v) is 13.1. The van der Waals surface area contributed by atoms with Crippen LogP contribution in [0.25, 0.3) is 0 Å². The summed E-state index contributed by atoms with van der Waals surface area (Å²) in [5, 5.41) is 13.6. The minimum Gasteiger partial charge on any atom is -0.387 e. The molecular weight excluding hydrogens is 258 g/mol. The van der Waals surface area contributed by atoms with Crippen molar-refractivity contribution in [2.24, 2.45) is 0 Å². The van der Waals surface area contributed by atoms with Crippen molar-refractivity contribution in [1.82, 2.24) is 5.32 Å². The molecule has 2 rings (SSSR count). The van der Waals surface area contributed by atoms with Gasteiger partial charge in [0.15, 0.2) is 0 Å². The smallest absolute Gasteiger partial charge is 0.0914 e. The van der Waals surface area contributed by atoms with Crippen LogP contribution in [0, 0.1) is 0 Å². The van der Waals surface area contributed by atoms with Crippen molar-refractivity contribution >= 4 is 0 Å². The summed E-state index contributed by atoms with van der Waals surface area (Å²) in [5.41, 5.74) is 3.56. The molecule has 0 aromatic heterocycles. The lowest BCUT2D eigenvalue weighted by atomic mass is 9.99. The topological polar surface area (TPSA) is 32.3 Å². The second-order valence-corrected chi connectivity index (χ2v) is 5.88. The maximum atomic E-state index is 10.2. The standard InChI is InChI=1S/C19H25NO/c1-14(2)16-9-11-17(12-10-16)15(3)20-13-19(21)18-7-5-4-6-8-18/h4-12,14-15,19-21H,13H2,1-3H3. The van der Waals surface area contributed by atoms with Crippen molar-refractivity contribution in [2.75, 3.05) is 6.54 Å². The Bertz CT molecular complexity index is 533. The first-order valence-corrected chi connectivity index (χ1v) is 7.64. The van der Waals surface area contributed by atoms with E-state index in [-0.39, 0.29) is 6.04 Å². The van der Waals surface area contributed by atoms with Crippen LogP contribution < -0.4 is 5.32 Å². The lowest BCUT2D eigenvalue weighted by Gasteiger charge is -2.18. The summed E-state index contributed by atoms with van der Waals surface area (Å²) in [4.78, 5) is 0. The normalized spacial score (nSPS) is 14.1. The van der Waals surface area contributed by atoms with E-state index in [0.717, 1.165) is 5.56 Å². The molecule has 0 heterocycles. The van der Waals surface area contributed by atoms with Crippen molar-refractivity contribution < 1.29 is 5.11 Å². The molecule has 0 amide bonds. The van der Waals surface area contributed by atoms with E-state index < -0.39 is 6.10 Å². The molecule has 0 saturated carbocycles. The molecule has 0 aliphatic rings. The molecule has 0 bridgehead atoms. The number of aliphatic hydroxyl groups is 1. The van der Waals surface area contributed by atoms with Crippen molar-refractivity contribution in [3.8, 4) is 0 Å². The molecule has 2 N–H and O–H groups in total. The van der Waals surface area contributed by atoms with Crippen LogP contribution in [0.3, 0.4) is 0 Å². The maximum absolute atomic E-state index is 10.2. The van der Waals surface area contributed by atoms with Crippen molar-refractivity contribution in [2.45, 2.75) is 38.8 Å². The van der Waals surface area contributed by atoms with Crippen LogP contribution in [0.1, 0.15) is 55.5 Å². The molecule has 0 spiro atoms. The van der Waals surface area contributed by atoms with Crippen molar-refractivity contribution in [3.63, 3.8) is 0 Å². The highest BCUT2D eigenvalue weighted by atomic mass is 16.3. The fourth-order valence-corrected chi connectivity index (χ4v) is 2.37. The molecule has 2 aromatic rings. The Morgan fingerprint density at radius 2 is 1.38 bits per heavy atom. The number of aliphatic hydroxyl groups excluding tert-OH is 1. The summed E-state index contributed by atoms with van der Waals surface area (Å²) in [5.74, 6) is 0.558. The lowest BCUT2D eigenvalue weighted by Crippen LogP contribution is -2.24. The molecule has 112 valence electrons. The van der Waals surface area contributed by atoms with Crippen LogP contribution in [0.5, 0.6) is 0 Å². The number of rotatable bonds is 6. The van der Waals surface area contributed by atoms with Gasteiger partial charge in [-0.05, 0) is 29.5 Å². The summed E-state index contributed by atoms with van der Waals surface area (Å²) < 4.78 is 0. The highest BCUT2D eigenvalue weighted by Gasteiger charge is 2.10. The van der Waals surface area contributed by atoms with Crippen LogP contribution in [0.2, 0.25) is 0 Å². The van der Waals surface area contributed by atoms with Crippen molar-refractivity contribution in [1.29, 1.82) is 0 Å². The van der Waals surface area contributed by atoms with E-state index >= 15 is 0 Å². The van der Waals surface area contributed by atoms with E-state index in [0.29, 0.717) is 12.5 Å². The van der Waals surface area contributed by atoms with Crippen LogP contribution >= 0.6 is 0 Å². The molecule has 0 fully saturated rings. The van der Waals surface area contributed by atoms with E-state index in [1.165, 1.54) is 11.1 Å². The molecule has 2 atom stereocenters. The van der Waals surface area contributed by atoms with Gasteiger partial charge in [0.1, 0.15) is 0 Å². The molecule has 2 nitrogen and oxygen atoms in total. The first-order chi connectivity index (χ1) is 10.1. The quantitative estimate of drug-likeness (QED) is 0.833. The Labute approximate surface area is 127 Å². The Balaban J connectivity index is 1.91. The molecule has 2 unspecified atom stereocenters. The first-order valence-electron chi connectivity index (χ1n) is 7.64. The Morgan fingerprint density at radius 1 is 0.810 bits per heavy atom. The first kappa shape index (κ1) is 15.7. The minimum atomic E-state index is -0.469. The Morgan fingerprint density at radius 3 is 1.95 bits per heavy atom. The van der Waals surface area contributed by atoms with E-state index in [1.807, 2.05) is 30.3 Å². The van der Waals surface area contributed by atoms with E-state index in [2.05, 4.69) is 50.4 Å². The summed E-state index contributed by atoms with van der Waals surface area (Å²) in [6.45, 7) is 7.08. The van der Waals surface area contributed by atoms with Gasteiger partial charge < -0.3 is 10.4 Å². The molecule has 0 radical (unpaired) electrons. The molecule has 2 heteroatoms. The zero-order chi connectivity index (χ0) is 15.2. The fourth-order valence-electron chi connectivity index (χ4n) is 2.37.